The molecule has 54 valence electrons. The van der Waals surface area contributed by atoms with E-state index in [9.17, 15) is 0 Å². The molecular weight excluding hydrogens is 112 g/mol. The zero-order chi connectivity index (χ0) is 7.49. The largest absolute Gasteiger partial charge is 0.512 e. The summed E-state index contributed by atoms with van der Waals surface area (Å²) in [7, 11) is 0. The van der Waals surface area contributed by atoms with Crippen molar-refractivity contribution in [3.63, 3.8) is 0 Å². The Morgan fingerprint density at radius 1 is 1.44 bits per heavy atom. The highest BCUT2D eigenvalue weighted by Gasteiger charge is 2.22. The number of aliphatic hydroxyl groups is 1. The number of rotatable bonds is 3. The van der Waals surface area contributed by atoms with Crippen LogP contribution in [-0.4, -0.2) is 5.11 Å². The fourth-order valence-corrected chi connectivity index (χ4v) is 0.658. The predicted molar refractivity (Wildman–Crippen MR) is 40.5 cm³/mol. The Kier molecular flexibility index (Phi) is 2.75. The highest BCUT2D eigenvalue weighted by molar-refractivity contribution is 4.97. The molecule has 1 N–H and O–H groups in total. The molecular formula is C8H16O. The molecule has 0 aromatic carbocycles. The first-order chi connectivity index (χ1) is 4.06. The van der Waals surface area contributed by atoms with Gasteiger partial charge in [0.25, 0.3) is 0 Å². The molecule has 0 fully saturated rings. The maximum atomic E-state index is 9.08. The summed E-state index contributed by atoms with van der Waals surface area (Å²) in [6.07, 6.45) is 1.91. The van der Waals surface area contributed by atoms with Gasteiger partial charge < -0.3 is 5.11 Å². The molecule has 0 bridgehead atoms. The van der Waals surface area contributed by atoms with Gasteiger partial charge in [-0.05, 0) is 12.8 Å². The Balaban J connectivity index is 4.09. The molecule has 0 radical (unpaired) electrons. The van der Waals surface area contributed by atoms with Crippen LogP contribution in [0.5, 0.6) is 0 Å². The van der Waals surface area contributed by atoms with E-state index in [4.69, 9.17) is 5.11 Å². The van der Waals surface area contributed by atoms with Crippen molar-refractivity contribution < 1.29 is 5.11 Å². The van der Waals surface area contributed by atoms with Crippen molar-refractivity contribution in [3.8, 4) is 0 Å². The standard InChI is InChI=1S/C8H16O/c1-5-8(4,6-2)7(3)9/h9H,3,5-6H2,1-2,4H3. The van der Waals surface area contributed by atoms with Crippen molar-refractivity contribution in [2.75, 3.05) is 0 Å². The van der Waals surface area contributed by atoms with Gasteiger partial charge in [0.15, 0.2) is 0 Å². The predicted octanol–water partition coefficient (Wildman–Crippen LogP) is 2.88. The third kappa shape index (κ3) is 1.74. The van der Waals surface area contributed by atoms with Gasteiger partial charge in [-0.2, -0.15) is 0 Å². The van der Waals surface area contributed by atoms with Crippen LogP contribution < -0.4 is 0 Å². The first-order valence-electron chi connectivity index (χ1n) is 3.45. The van der Waals surface area contributed by atoms with E-state index in [1.165, 1.54) is 0 Å². The van der Waals surface area contributed by atoms with E-state index in [1.807, 2.05) is 6.92 Å². The summed E-state index contributed by atoms with van der Waals surface area (Å²) in [5.41, 5.74) is -0.0556. The van der Waals surface area contributed by atoms with Gasteiger partial charge in [0.05, 0.1) is 5.76 Å². The van der Waals surface area contributed by atoms with E-state index in [-0.39, 0.29) is 5.41 Å². The normalized spacial score (nSPS) is 11.4. The van der Waals surface area contributed by atoms with Crippen molar-refractivity contribution in [1.29, 1.82) is 0 Å². The summed E-state index contributed by atoms with van der Waals surface area (Å²) in [6.45, 7) is 9.67. The van der Waals surface area contributed by atoms with Gasteiger partial charge in [-0.15, -0.1) is 0 Å². The van der Waals surface area contributed by atoms with Gasteiger partial charge in [0, 0.05) is 5.41 Å². The molecule has 1 heteroatoms. The van der Waals surface area contributed by atoms with Crippen molar-refractivity contribution in [1.82, 2.24) is 0 Å². The zero-order valence-corrected chi connectivity index (χ0v) is 6.57. The Morgan fingerprint density at radius 2 is 1.78 bits per heavy atom. The maximum Gasteiger partial charge on any atom is 0.0909 e. The Morgan fingerprint density at radius 3 is 1.78 bits per heavy atom. The fraction of sp³-hybridized carbons (Fsp3) is 0.750. The summed E-state index contributed by atoms with van der Waals surface area (Å²) in [4.78, 5) is 0. The van der Waals surface area contributed by atoms with Crippen LogP contribution in [0.1, 0.15) is 33.6 Å². The van der Waals surface area contributed by atoms with E-state index in [0.29, 0.717) is 5.76 Å². The molecule has 9 heavy (non-hydrogen) atoms. The third-order valence-corrected chi connectivity index (χ3v) is 2.26. The lowest BCUT2D eigenvalue weighted by molar-refractivity contribution is 0.226. The average Bonchev–Trinajstić information content (AvgIpc) is 1.86. The number of hydrogen-bond acceptors (Lipinski definition) is 1. The lowest BCUT2D eigenvalue weighted by atomic mass is 9.83. The molecule has 0 atom stereocenters. The highest BCUT2D eigenvalue weighted by atomic mass is 16.3. The van der Waals surface area contributed by atoms with Crippen LogP contribution in [0.3, 0.4) is 0 Å². The van der Waals surface area contributed by atoms with Crippen LogP contribution >= 0.6 is 0 Å². The van der Waals surface area contributed by atoms with Crippen molar-refractivity contribution in [3.05, 3.63) is 12.3 Å². The average molecular weight is 128 g/mol. The number of allylic oxidation sites excluding steroid dienone is 1. The fourth-order valence-electron chi connectivity index (χ4n) is 0.658. The van der Waals surface area contributed by atoms with Crippen LogP contribution in [0.25, 0.3) is 0 Å². The van der Waals surface area contributed by atoms with Gasteiger partial charge in [-0.25, -0.2) is 0 Å². The Labute approximate surface area is 57.4 Å². The number of hydrogen-bond donors (Lipinski definition) is 1. The first-order valence-corrected chi connectivity index (χ1v) is 3.45. The number of aliphatic hydroxyl groups excluding tert-OH is 1. The van der Waals surface area contributed by atoms with Crippen LogP contribution in [0.2, 0.25) is 0 Å². The zero-order valence-electron chi connectivity index (χ0n) is 6.57. The third-order valence-electron chi connectivity index (χ3n) is 2.26. The van der Waals surface area contributed by atoms with E-state index in [1.54, 1.807) is 0 Å². The second kappa shape index (κ2) is 2.90. The van der Waals surface area contributed by atoms with Gasteiger partial charge >= 0.3 is 0 Å². The summed E-state index contributed by atoms with van der Waals surface area (Å²) < 4.78 is 0. The summed E-state index contributed by atoms with van der Waals surface area (Å²) in [5, 5.41) is 9.08. The highest BCUT2D eigenvalue weighted by Crippen LogP contribution is 2.30. The molecule has 0 aromatic rings. The van der Waals surface area contributed by atoms with Crippen LogP contribution in [0.15, 0.2) is 12.3 Å². The lowest BCUT2D eigenvalue weighted by Crippen LogP contribution is -2.15. The van der Waals surface area contributed by atoms with E-state index < -0.39 is 0 Å². The molecule has 0 aromatic heterocycles. The van der Waals surface area contributed by atoms with Crippen molar-refractivity contribution in [2.45, 2.75) is 33.6 Å². The smallest absolute Gasteiger partial charge is 0.0909 e. The van der Waals surface area contributed by atoms with Crippen LogP contribution in [-0.2, 0) is 0 Å². The molecule has 0 spiro atoms. The van der Waals surface area contributed by atoms with Crippen LogP contribution in [0, 0.1) is 5.41 Å². The molecule has 0 aliphatic heterocycles. The molecule has 0 heterocycles. The van der Waals surface area contributed by atoms with Gasteiger partial charge in [0.2, 0.25) is 0 Å². The Bertz CT molecular complexity index is 101. The molecule has 0 aliphatic carbocycles. The van der Waals surface area contributed by atoms with Crippen LogP contribution in [0.4, 0.5) is 0 Å². The second-order valence-corrected chi connectivity index (χ2v) is 2.71. The molecule has 0 saturated carbocycles. The topological polar surface area (TPSA) is 20.2 Å². The van der Waals surface area contributed by atoms with Gasteiger partial charge in [-0.3, -0.25) is 0 Å². The molecule has 0 amide bonds. The minimum absolute atomic E-state index is 0.0556. The summed E-state index contributed by atoms with van der Waals surface area (Å²) in [6, 6.07) is 0. The molecule has 0 rings (SSSR count). The minimum atomic E-state index is -0.0556. The molecule has 0 aliphatic rings. The molecule has 0 saturated heterocycles. The Hall–Kier alpha value is -0.460. The quantitative estimate of drug-likeness (QED) is 0.579. The van der Waals surface area contributed by atoms with Crippen molar-refractivity contribution >= 4 is 0 Å². The molecule has 0 unspecified atom stereocenters. The minimum Gasteiger partial charge on any atom is -0.512 e. The SMILES string of the molecule is C=C(O)C(C)(CC)CC. The van der Waals surface area contributed by atoms with E-state index in [2.05, 4.69) is 20.4 Å². The molecule has 1 nitrogen and oxygen atoms in total. The maximum absolute atomic E-state index is 9.08. The second-order valence-electron chi connectivity index (χ2n) is 2.71. The summed E-state index contributed by atoms with van der Waals surface area (Å²) >= 11 is 0. The lowest BCUT2D eigenvalue weighted by Gasteiger charge is -2.24. The van der Waals surface area contributed by atoms with Gasteiger partial charge in [0.1, 0.15) is 0 Å². The van der Waals surface area contributed by atoms with E-state index in [0.717, 1.165) is 12.8 Å². The first kappa shape index (κ1) is 8.54. The van der Waals surface area contributed by atoms with E-state index >= 15 is 0 Å². The van der Waals surface area contributed by atoms with Crippen molar-refractivity contribution in [2.24, 2.45) is 5.41 Å². The monoisotopic (exact) mass is 128 g/mol. The summed E-state index contributed by atoms with van der Waals surface area (Å²) in [5.74, 6) is 0.313. The van der Waals surface area contributed by atoms with Gasteiger partial charge in [-0.1, -0.05) is 27.4 Å².